The fourth-order valence-electron chi connectivity index (χ4n) is 2.85. The number of carbonyl (C=O) groups is 1. The molecule has 1 amide bonds. The lowest BCUT2D eigenvalue weighted by Gasteiger charge is -2.22. The summed E-state index contributed by atoms with van der Waals surface area (Å²) < 4.78 is 0. The third kappa shape index (κ3) is 4.52. The number of nitrogens with zero attached hydrogens (tertiary/aromatic N) is 2. The molecule has 0 radical (unpaired) electrons. The van der Waals surface area contributed by atoms with Gasteiger partial charge in [-0.2, -0.15) is 0 Å². The van der Waals surface area contributed by atoms with E-state index >= 15 is 0 Å². The van der Waals surface area contributed by atoms with Crippen molar-refractivity contribution >= 4 is 11.9 Å². The van der Waals surface area contributed by atoms with Gasteiger partial charge in [0.05, 0.1) is 0 Å². The minimum Gasteiger partial charge on any atom is -0.350 e. The molecule has 0 atom stereocenters. The Hall–Kier alpha value is -2.43. The van der Waals surface area contributed by atoms with Crippen LogP contribution in [-0.2, 0) is 6.54 Å². The summed E-state index contributed by atoms with van der Waals surface area (Å²) in [4.78, 5) is 20.8. The molecule has 1 aromatic heterocycles. The molecule has 1 aromatic carbocycles. The topological polar surface area (TPSA) is 66.9 Å². The van der Waals surface area contributed by atoms with E-state index in [0.717, 1.165) is 18.4 Å². The zero-order valence-electron chi connectivity index (χ0n) is 13.2. The van der Waals surface area contributed by atoms with Gasteiger partial charge in [-0.15, -0.1) is 0 Å². The Morgan fingerprint density at radius 1 is 1.09 bits per heavy atom. The van der Waals surface area contributed by atoms with Gasteiger partial charge in [0.25, 0.3) is 5.91 Å². The summed E-state index contributed by atoms with van der Waals surface area (Å²) in [6.45, 7) is 0.633. The molecule has 3 rings (SSSR count). The molecule has 1 saturated carbocycles. The van der Waals surface area contributed by atoms with Gasteiger partial charge in [0, 0.05) is 18.8 Å². The Bertz CT molecular complexity index is 638. The Morgan fingerprint density at radius 3 is 2.65 bits per heavy atom. The zero-order valence-corrected chi connectivity index (χ0v) is 13.2. The van der Waals surface area contributed by atoms with Gasteiger partial charge in [0.15, 0.2) is 0 Å². The average molecular weight is 310 g/mol. The average Bonchev–Trinajstić information content (AvgIpc) is 2.62. The predicted octanol–water partition coefficient (Wildman–Crippen LogP) is 3.15. The van der Waals surface area contributed by atoms with Crippen molar-refractivity contribution < 1.29 is 4.79 Å². The molecule has 120 valence electrons. The van der Waals surface area contributed by atoms with E-state index in [1.165, 1.54) is 19.3 Å². The van der Waals surface area contributed by atoms with Crippen molar-refractivity contribution in [2.45, 2.75) is 44.7 Å². The van der Waals surface area contributed by atoms with Crippen LogP contribution in [0.15, 0.2) is 42.6 Å². The molecule has 0 unspecified atom stereocenters. The molecule has 1 heterocycles. The largest absolute Gasteiger partial charge is 0.350 e. The maximum atomic E-state index is 12.3. The van der Waals surface area contributed by atoms with E-state index in [4.69, 9.17) is 0 Å². The van der Waals surface area contributed by atoms with Gasteiger partial charge in [-0.1, -0.05) is 49.6 Å². The van der Waals surface area contributed by atoms with Crippen LogP contribution in [0, 0.1) is 0 Å². The Balaban J connectivity index is 1.59. The van der Waals surface area contributed by atoms with Crippen LogP contribution in [0.5, 0.6) is 0 Å². The standard InChI is InChI=1S/C18H22N4O/c23-17(21-15-9-5-2-6-10-15)16-11-12-19-18(22-16)20-13-14-7-3-1-4-8-14/h1,3-4,7-8,11-12,15H,2,5-6,9-10,13H2,(H,21,23)(H,19,20,22). The summed E-state index contributed by atoms with van der Waals surface area (Å²) in [5.41, 5.74) is 1.56. The summed E-state index contributed by atoms with van der Waals surface area (Å²) in [5, 5.41) is 6.24. The van der Waals surface area contributed by atoms with Crippen LogP contribution in [0.25, 0.3) is 0 Å². The SMILES string of the molecule is O=C(NC1CCCCC1)c1ccnc(NCc2ccccc2)n1. The first kappa shape index (κ1) is 15.5. The summed E-state index contributed by atoms with van der Waals surface area (Å²) in [6.07, 6.45) is 7.41. The first-order valence-electron chi connectivity index (χ1n) is 8.23. The second-order valence-electron chi connectivity index (χ2n) is 5.91. The monoisotopic (exact) mass is 310 g/mol. The molecular weight excluding hydrogens is 288 g/mol. The van der Waals surface area contributed by atoms with E-state index < -0.39 is 0 Å². The molecule has 0 aliphatic heterocycles. The van der Waals surface area contributed by atoms with Gasteiger partial charge in [0.2, 0.25) is 5.95 Å². The molecule has 5 nitrogen and oxygen atoms in total. The number of amides is 1. The molecule has 5 heteroatoms. The molecule has 23 heavy (non-hydrogen) atoms. The highest BCUT2D eigenvalue weighted by atomic mass is 16.1. The number of anilines is 1. The molecule has 0 saturated heterocycles. The van der Waals surface area contributed by atoms with Gasteiger partial charge in [-0.3, -0.25) is 4.79 Å². The van der Waals surface area contributed by atoms with E-state index in [0.29, 0.717) is 18.2 Å². The van der Waals surface area contributed by atoms with Crippen molar-refractivity contribution in [2.24, 2.45) is 0 Å². The maximum absolute atomic E-state index is 12.3. The molecule has 1 fully saturated rings. The summed E-state index contributed by atoms with van der Waals surface area (Å²) in [7, 11) is 0. The van der Waals surface area contributed by atoms with Crippen LogP contribution in [0.3, 0.4) is 0 Å². The van der Waals surface area contributed by atoms with Crippen LogP contribution < -0.4 is 10.6 Å². The van der Waals surface area contributed by atoms with Crippen LogP contribution in [0.2, 0.25) is 0 Å². The summed E-state index contributed by atoms with van der Waals surface area (Å²) in [6, 6.07) is 12.0. The number of nitrogens with one attached hydrogen (secondary N) is 2. The molecule has 0 spiro atoms. The maximum Gasteiger partial charge on any atom is 0.270 e. The smallest absolute Gasteiger partial charge is 0.270 e. The number of rotatable bonds is 5. The van der Waals surface area contributed by atoms with Gasteiger partial charge < -0.3 is 10.6 Å². The van der Waals surface area contributed by atoms with Crippen LogP contribution in [0.4, 0.5) is 5.95 Å². The molecular formula is C18H22N4O. The molecule has 1 aliphatic rings. The molecule has 2 aromatic rings. The first-order chi connectivity index (χ1) is 11.3. The fraction of sp³-hybridized carbons (Fsp3) is 0.389. The second-order valence-corrected chi connectivity index (χ2v) is 5.91. The highest BCUT2D eigenvalue weighted by Gasteiger charge is 2.17. The number of hydrogen-bond acceptors (Lipinski definition) is 4. The predicted molar refractivity (Wildman–Crippen MR) is 90.1 cm³/mol. The summed E-state index contributed by atoms with van der Waals surface area (Å²) >= 11 is 0. The van der Waals surface area contributed by atoms with Gasteiger partial charge in [-0.25, -0.2) is 9.97 Å². The quantitative estimate of drug-likeness (QED) is 0.890. The van der Waals surface area contributed by atoms with E-state index in [1.807, 2.05) is 30.3 Å². The third-order valence-corrected chi connectivity index (χ3v) is 4.12. The number of aromatic nitrogens is 2. The van der Waals surface area contributed by atoms with Crippen LogP contribution in [-0.4, -0.2) is 21.9 Å². The zero-order chi connectivity index (χ0) is 15.9. The lowest BCUT2D eigenvalue weighted by Crippen LogP contribution is -2.36. The van der Waals surface area contributed by atoms with Gasteiger partial charge in [-0.05, 0) is 24.5 Å². The van der Waals surface area contributed by atoms with E-state index in [9.17, 15) is 4.79 Å². The lowest BCUT2D eigenvalue weighted by atomic mass is 9.95. The molecule has 2 N–H and O–H groups in total. The second kappa shape index (κ2) is 7.72. The van der Waals surface area contributed by atoms with Crippen LogP contribution in [0.1, 0.15) is 48.2 Å². The normalized spacial score (nSPS) is 15.1. The van der Waals surface area contributed by atoms with E-state index in [2.05, 4.69) is 20.6 Å². The molecule has 1 aliphatic carbocycles. The van der Waals surface area contributed by atoms with E-state index in [1.54, 1.807) is 12.3 Å². The minimum absolute atomic E-state index is 0.109. The number of hydrogen-bond donors (Lipinski definition) is 2. The fourth-order valence-corrected chi connectivity index (χ4v) is 2.85. The van der Waals surface area contributed by atoms with Crippen molar-refractivity contribution in [3.63, 3.8) is 0 Å². The van der Waals surface area contributed by atoms with Crippen molar-refractivity contribution in [3.8, 4) is 0 Å². The summed E-state index contributed by atoms with van der Waals surface area (Å²) in [5.74, 6) is 0.368. The molecule has 0 bridgehead atoms. The lowest BCUT2D eigenvalue weighted by molar-refractivity contribution is 0.0922. The number of benzene rings is 1. The highest BCUT2D eigenvalue weighted by molar-refractivity contribution is 5.92. The Labute approximate surface area is 136 Å². The van der Waals surface area contributed by atoms with E-state index in [-0.39, 0.29) is 11.9 Å². The van der Waals surface area contributed by atoms with Gasteiger partial charge in [0.1, 0.15) is 5.69 Å². The Morgan fingerprint density at radius 2 is 1.87 bits per heavy atom. The Kier molecular flexibility index (Phi) is 5.19. The third-order valence-electron chi connectivity index (χ3n) is 4.12. The highest BCUT2D eigenvalue weighted by Crippen LogP contribution is 2.17. The minimum atomic E-state index is -0.109. The van der Waals surface area contributed by atoms with Crippen molar-refractivity contribution in [1.82, 2.24) is 15.3 Å². The first-order valence-corrected chi connectivity index (χ1v) is 8.23. The van der Waals surface area contributed by atoms with Crippen molar-refractivity contribution in [2.75, 3.05) is 5.32 Å². The van der Waals surface area contributed by atoms with Crippen LogP contribution >= 0.6 is 0 Å². The van der Waals surface area contributed by atoms with Crippen molar-refractivity contribution in [3.05, 3.63) is 53.9 Å². The van der Waals surface area contributed by atoms with Crippen molar-refractivity contribution in [1.29, 1.82) is 0 Å². The van der Waals surface area contributed by atoms with Gasteiger partial charge >= 0.3 is 0 Å². The number of carbonyl (C=O) groups excluding carboxylic acids is 1.